The van der Waals surface area contributed by atoms with E-state index in [2.05, 4.69) is 25.2 Å². The zero-order chi connectivity index (χ0) is 18.6. The molecule has 0 unspecified atom stereocenters. The molecule has 6 nitrogen and oxygen atoms in total. The van der Waals surface area contributed by atoms with Crippen LogP contribution in [-0.2, 0) is 0 Å². The van der Waals surface area contributed by atoms with Gasteiger partial charge in [-0.1, -0.05) is 6.07 Å². The first-order valence-electron chi connectivity index (χ1n) is 9.09. The Morgan fingerprint density at radius 3 is 2.74 bits per heavy atom. The molecule has 1 aliphatic heterocycles. The van der Waals surface area contributed by atoms with Crippen molar-refractivity contribution in [1.82, 2.24) is 20.3 Å². The number of thiazole rings is 1. The molecule has 1 atom stereocenters. The van der Waals surface area contributed by atoms with E-state index in [0.717, 1.165) is 35.2 Å². The minimum absolute atomic E-state index is 0.176. The third kappa shape index (κ3) is 3.98. The molecule has 1 N–H and O–H groups in total. The second kappa shape index (κ2) is 7.84. The van der Waals surface area contributed by atoms with Gasteiger partial charge in [-0.25, -0.2) is 9.97 Å². The highest BCUT2D eigenvalue weighted by atomic mass is 32.1. The molecule has 1 saturated heterocycles. The first-order valence-corrected chi connectivity index (χ1v) is 9.97. The van der Waals surface area contributed by atoms with Gasteiger partial charge in [-0.2, -0.15) is 0 Å². The number of nitrogens with one attached hydrogen (secondary N) is 1. The number of hydrogen-bond acceptors (Lipinski definition) is 6. The van der Waals surface area contributed by atoms with Crippen molar-refractivity contribution < 1.29 is 4.79 Å². The van der Waals surface area contributed by atoms with E-state index in [1.165, 1.54) is 24.2 Å². The van der Waals surface area contributed by atoms with Crippen molar-refractivity contribution in [1.29, 1.82) is 0 Å². The minimum Gasteiger partial charge on any atom is -0.357 e. The fourth-order valence-corrected chi connectivity index (χ4v) is 3.92. The van der Waals surface area contributed by atoms with Gasteiger partial charge < -0.3 is 10.2 Å². The summed E-state index contributed by atoms with van der Waals surface area (Å²) in [5, 5.41) is 5.52. The molecule has 3 aromatic heterocycles. The van der Waals surface area contributed by atoms with Crippen LogP contribution in [0.25, 0.3) is 10.6 Å². The van der Waals surface area contributed by atoms with Crippen LogP contribution in [0.5, 0.6) is 0 Å². The predicted octanol–water partition coefficient (Wildman–Crippen LogP) is 3.69. The summed E-state index contributed by atoms with van der Waals surface area (Å²) in [5.41, 5.74) is 2.17. The molecule has 0 bridgehead atoms. The average molecular weight is 379 g/mol. The molecule has 4 heterocycles. The summed E-state index contributed by atoms with van der Waals surface area (Å²) in [6.45, 7) is 4.05. The molecular formula is C20H21N5OS. The lowest BCUT2D eigenvalue weighted by Gasteiger charge is -2.15. The third-order valence-corrected chi connectivity index (χ3v) is 5.53. The van der Waals surface area contributed by atoms with Crippen LogP contribution in [0.2, 0.25) is 0 Å². The summed E-state index contributed by atoms with van der Waals surface area (Å²) in [6, 6.07) is 9.54. The van der Waals surface area contributed by atoms with Gasteiger partial charge in [0.1, 0.15) is 16.5 Å². The maximum Gasteiger partial charge on any atom is 0.271 e. The summed E-state index contributed by atoms with van der Waals surface area (Å²) >= 11 is 1.45. The monoisotopic (exact) mass is 379 g/mol. The topological polar surface area (TPSA) is 71.0 Å². The number of aromatic nitrogens is 3. The van der Waals surface area contributed by atoms with Gasteiger partial charge in [-0.3, -0.25) is 9.78 Å². The van der Waals surface area contributed by atoms with Crippen molar-refractivity contribution in [3.63, 3.8) is 0 Å². The van der Waals surface area contributed by atoms with Crippen molar-refractivity contribution in [2.75, 3.05) is 18.0 Å². The minimum atomic E-state index is -0.197. The van der Waals surface area contributed by atoms with Crippen molar-refractivity contribution >= 4 is 23.1 Å². The summed E-state index contributed by atoms with van der Waals surface area (Å²) in [6.07, 6.45) is 6.01. The number of nitrogens with zero attached hydrogens (tertiary/aromatic N) is 4. The van der Waals surface area contributed by atoms with E-state index in [1.54, 1.807) is 11.6 Å². The number of rotatable bonds is 5. The quantitative estimate of drug-likeness (QED) is 0.732. The van der Waals surface area contributed by atoms with Gasteiger partial charge in [-0.15, -0.1) is 11.3 Å². The first-order chi connectivity index (χ1) is 13.2. The highest BCUT2D eigenvalue weighted by Gasteiger charge is 2.17. The number of pyridine rings is 2. The molecule has 27 heavy (non-hydrogen) atoms. The van der Waals surface area contributed by atoms with E-state index >= 15 is 0 Å². The summed E-state index contributed by atoms with van der Waals surface area (Å²) in [5.74, 6) is 0.812. The molecule has 0 saturated carbocycles. The van der Waals surface area contributed by atoms with Crippen molar-refractivity contribution in [3.05, 3.63) is 59.5 Å². The van der Waals surface area contributed by atoms with Gasteiger partial charge >= 0.3 is 0 Å². The smallest absolute Gasteiger partial charge is 0.271 e. The Morgan fingerprint density at radius 1 is 1.19 bits per heavy atom. The molecule has 4 rings (SSSR count). The predicted molar refractivity (Wildman–Crippen MR) is 107 cm³/mol. The first kappa shape index (κ1) is 17.6. The molecule has 1 aliphatic rings. The van der Waals surface area contributed by atoms with Crippen LogP contribution < -0.4 is 10.2 Å². The lowest BCUT2D eigenvalue weighted by atomic mass is 10.2. The Hall–Kier alpha value is -2.80. The molecule has 1 fully saturated rings. The Morgan fingerprint density at radius 2 is 2.04 bits per heavy atom. The molecule has 0 aliphatic carbocycles. The maximum atomic E-state index is 12.5. The molecule has 1 amide bonds. The molecule has 7 heteroatoms. The third-order valence-electron chi connectivity index (χ3n) is 4.64. The Kier molecular flexibility index (Phi) is 5.11. The molecule has 0 aromatic carbocycles. The van der Waals surface area contributed by atoms with Crippen LogP contribution in [-0.4, -0.2) is 33.9 Å². The van der Waals surface area contributed by atoms with Gasteiger partial charge in [0.15, 0.2) is 0 Å². The van der Waals surface area contributed by atoms with E-state index in [0.29, 0.717) is 5.69 Å². The van der Waals surface area contributed by atoms with Crippen LogP contribution in [0.3, 0.4) is 0 Å². The van der Waals surface area contributed by atoms with Crippen LogP contribution in [0.15, 0.2) is 48.1 Å². The summed E-state index contributed by atoms with van der Waals surface area (Å²) in [4.78, 5) is 28.1. The lowest BCUT2D eigenvalue weighted by molar-refractivity contribution is 0.0935. The van der Waals surface area contributed by atoms with Crippen LogP contribution >= 0.6 is 11.3 Å². The zero-order valence-electron chi connectivity index (χ0n) is 15.1. The largest absolute Gasteiger partial charge is 0.357 e. The highest BCUT2D eigenvalue weighted by molar-refractivity contribution is 7.13. The van der Waals surface area contributed by atoms with E-state index in [-0.39, 0.29) is 11.9 Å². The van der Waals surface area contributed by atoms with Gasteiger partial charge in [0.05, 0.1) is 11.7 Å². The Labute approximate surface area is 162 Å². The Balaban J connectivity index is 1.44. The molecule has 3 aromatic rings. The maximum absolute atomic E-state index is 12.5. The van der Waals surface area contributed by atoms with Gasteiger partial charge in [-0.05, 0) is 44.0 Å². The van der Waals surface area contributed by atoms with Crippen molar-refractivity contribution in [3.8, 4) is 10.6 Å². The van der Waals surface area contributed by atoms with Gasteiger partial charge in [0, 0.05) is 36.4 Å². The SMILES string of the molecule is C[C@@H](NC(=O)c1csc(-c2ccc(N3CCCC3)nc2)n1)c1ccccn1. The van der Waals surface area contributed by atoms with Crippen molar-refractivity contribution in [2.45, 2.75) is 25.8 Å². The number of amides is 1. The molecule has 0 radical (unpaired) electrons. The average Bonchev–Trinajstić information content (AvgIpc) is 3.41. The molecule has 138 valence electrons. The Bertz CT molecular complexity index is 904. The van der Waals surface area contributed by atoms with Gasteiger partial charge in [0.25, 0.3) is 5.91 Å². The standard InChI is InChI=1S/C20H21N5OS/c1-14(16-6-2-3-9-21-16)23-19(26)17-13-27-20(24-17)15-7-8-18(22-12-15)25-10-4-5-11-25/h2-3,6-9,12-14H,4-5,10-11H2,1H3,(H,23,26)/t14-/m1/s1. The second-order valence-corrected chi connectivity index (χ2v) is 7.44. The van der Waals surface area contributed by atoms with E-state index < -0.39 is 0 Å². The van der Waals surface area contributed by atoms with Crippen LogP contribution in [0, 0.1) is 0 Å². The lowest BCUT2D eigenvalue weighted by Crippen LogP contribution is -2.27. The number of carbonyl (C=O) groups excluding carboxylic acids is 1. The normalized spacial score (nSPS) is 14.9. The van der Waals surface area contributed by atoms with E-state index in [9.17, 15) is 4.79 Å². The van der Waals surface area contributed by atoms with Crippen molar-refractivity contribution in [2.24, 2.45) is 0 Å². The fraction of sp³-hybridized carbons (Fsp3) is 0.300. The molecule has 0 spiro atoms. The highest BCUT2D eigenvalue weighted by Crippen LogP contribution is 2.26. The van der Waals surface area contributed by atoms with E-state index in [4.69, 9.17) is 0 Å². The fourth-order valence-electron chi connectivity index (χ4n) is 3.13. The van der Waals surface area contributed by atoms with E-state index in [1.807, 2.05) is 43.5 Å². The number of anilines is 1. The summed E-state index contributed by atoms with van der Waals surface area (Å²) < 4.78 is 0. The van der Waals surface area contributed by atoms with Crippen LogP contribution in [0.4, 0.5) is 5.82 Å². The second-order valence-electron chi connectivity index (χ2n) is 6.59. The van der Waals surface area contributed by atoms with Crippen LogP contribution in [0.1, 0.15) is 42.0 Å². The molecular weight excluding hydrogens is 358 g/mol. The number of carbonyl (C=O) groups is 1. The van der Waals surface area contributed by atoms with Gasteiger partial charge in [0.2, 0.25) is 0 Å². The number of hydrogen-bond donors (Lipinski definition) is 1. The zero-order valence-corrected chi connectivity index (χ0v) is 15.9. The summed E-state index contributed by atoms with van der Waals surface area (Å²) in [7, 11) is 0.